The van der Waals surface area contributed by atoms with Gasteiger partial charge < -0.3 is 14.9 Å². The first-order valence-electron chi connectivity index (χ1n) is 9.79. The highest BCUT2D eigenvalue weighted by Crippen LogP contribution is 2.30. The molecule has 164 valence electrons. The molecule has 1 aliphatic rings. The van der Waals surface area contributed by atoms with Gasteiger partial charge >= 0.3 is 0 Å². The first kappa shape index (κ1) is 21.8. The summed E-state index contributed by atoms with van der Waals surface area (Å²) in [6.45, 7) is 2.75. The van der Waals surface area contributed by atoms with E-state index in [1.165, 1.54) is 23.6 Å². The molecule has 0 spiro atoms. The highest BCUT2D eigenvalue weighted by atomic mass is 35.5. The molecule has 0 saturated carbocycles. The number of anilines is 1. The molecule has 32 heavy (non-hydrogen) atoms. The number of thiophene rings is 1. The Kier molecular flexibility index (Phi) is 6.38. The fourth-order valence-corrected chi connectivity index (χ4v) is 4.36. The lowest BCUT2D eigenvalue weighted by Gasteiger charge is -2.36. The van der Waals surface area contributed by atoms with Crippen molar-refractivity contribution in [2.75, 3.05) is 31.1 Å². The second-order valence-corrected chi connectivity index (χ2v) is 8.52. The number of halogens is 1. The van der Waals surface area contributed by atoms with Crippen LogP contribution < -0.4 is 10.0 Å². The maximum absolute atomic E-state index is 12.5. The van der Waals surface area contributed by atoms with Gasteiger partial charge in [-0.05, 0) is 53.1 Å². The second kappa shape index (κ2) is 9.37. The van der Waals surface area contributed by atoms with E-state index in [-0.39, 0.29) is 16.5 Å². The summed E-state index contributed by atoms with van der Waals surface area (Å²) in [7, 11) is 0. The van der Waals surface area contributed by atoms with Gasteiger partial charge in [-0.3, -0.25) is 19.9 Å². The van der Waals surface area contributed by atoms with Gasteiger partial charge in [-0.25, -0.2) is 0 Å². The van der Waals surface area contributed by atoms with Crippen LogP contribution in [0.5, 0.6) is 5.75 Å². The zero-order valence-corrected chi connectivity index (χ0v) is 18.4. The summed E-state index contributed by atoms with van der Waals surface area (Å²) in [4.78, 5) is 31.8. The van der Waals surface area contributed by atoms with Crippen molar-refractivity contribution in [3.8, 4) is 5.75 Å². The molecule has 2 heterocycles. The molecule has 1 aromatic heterocycles. The smallest absolute Gasteiger partial charge is 0.264 e. The van der Waals surface area contributed by atoms with Crippen LogP contribution in [0.1, 0.15) is 15.2 Å². The average Bonchev–Trinajstić information content (AvgIpc) is 3.34. The highest BCUT2D eigenvalue weighted by molar-refractivity contribution is 7.12. The van der Waals surface area contributed by atoms with Gasteiger partial charge in [-0.2, -0.15) is 0 Å². The van der Waals surface area contributed by atoms with E-state index in [4.69, 9.17) is 11.6 Å². The average molecular weight is 470 g/mol. The minimum atomic E-state index is -0.756. The Morgan fingerprint density at radius 3 is 2.47 bits per heavy atom. The monoisotopic (exact) mass is 469 g/mol. The molecular formula is C22H18ClN4O4S-. The zero-order chi connectivity index (χ0) is 22.7. The number of nitro benzene ring substituents is 1. The maximum Gasteiger partial charge on any atom is 0.264 e. The van der Waals surface area contributed by atoms with Gasteiger partial charge in [0.2, 0.25) is 0 Å². The second-order valence-electron chi connectivity index (χ2n) is 7.13. The molecule has 4 rings (SSSR count). The van der Waals surface area contributed by atoms with Gasteiger partial charge in [0.15, 0.2) is 0 Å². The Hall–Kier alpha value is -3.43. The molecule has 8 nitrogen and oxygen atoms in total. The summed E-state index contributed by atoms with van der Waals surface area (Å²) in [6.07, 6.45) is 1.28. The SMILES string of the molecule is O=C(c1cccs1)N1CCN(c2ccc(N=Cc3cc(Cl)cc([N+](=O)[O-])c3[O-])cc2)CC1. The van der Waals surface area contributed by atoms with Gasteiger partial charge in [0.1, 0.15) is 0 Å². The number of aliphatic imine (C=N–C) groups is 1. The third kappa shape index (κ3) is 4.74. The maximum atomic E-state index is 12.5. The number of carbonyl (C=O) groups excluding carboxylic acids is 1. The van der Waals surface area contributed by atoms with E-state index in [1.807, 2.05) is 34.5 Å². The molecule has 0 aliphatic carbocycles. The van der Waals surface area contributed by atoms with Crippen molar-refractivity contribution in [3.05, 3.63) is 79.5 Å². The van der Waals surface area contributed by atoms with Crippen molar-refractivity contribution >= 4 is 52.1 Å². The minimum Gasteiger partial charge on any atom is -0.867 e. The molecule has 1 aliphatic heterocycles. The van der Waals surface area contributed by atoms with Crippen molar-refractivity contribution in [2.45, 2.75) is 0 Å². The molecule has 0 atom stereocenters. The number of rotatable bonds is 5. The van der Waals surface area contributed by atoms with Gasteiger partial charge in [-0.15, -0.1) is 11.3 Å². The van der Waals surface area contributed by atoms with Crippen LogP contribution in [-0.4, -0.2) is 48.1 Å². The summed E-state index contributed by atoms with van der Waals surface area (Å²) in [5.41, 5.74) is 1.09. The number of amides is 1. The third-order valence-electron chi connectivity index (χ3n) is 5.13. The zero-order valence-electron chi connectivity index (χ0n) is 16.8. The molecule has 1 fully saturated rings. The molecule has 0 N–H and O–H groups in total. The van der Waals surface area contributed by atoms with Crippen molar-refractivity contribution in [1.82, 2.24) is 4.90 Å². The minimum absolute atomic E-state index is 0.0554. The lowest BCUT2D eigenvalue weighted by molar-refractivity contribution is -0.398. The van der Waals surface area contributed by atoms with Crippen LogP contribution in [0.25, 0.3) is 0 Å². The molecule has 10 heteroatoms. The van der Waals surface area contributed by atoms with Crippen LogP contribution >= 0.6 is 22.9 Å². The number of piperazine rings is 1. The molecular weight excluding hydrogens is 452 g/mol. The van der Waals surface area contributed by atoms with Crippen LogP contribution in [0.15, 0.2) is 58.9 Å². The largest absolute Gasteiger partial charge is 0.867 e. The predicted octanol–water partition coefficient (Wildman–Crippen LogP) is 4.10. The summed E-state index contributed by atoms with van der Waals surface area (Å²) < 4.78 is 0. The van der Waals surface area contributed by atoms with Crippen LogP contribution in [0.4, 0.5) is 17.1 Å². The van der Waals surface area contributed by atoms with Crippen molar-refractivity contribution in [3.63, 3.8) is 0 Å². The topological polar surface area (TPSA) is 102 Å². The first-order chi connectivity index (χ1) is 15.4. The van der Waals surface area contributed by atoms with Gasteiger partial charge in [0, 0.05) is 49.2 Å². The van der Waals surface area contributed by atoms with E-state index in [0.717, 1.165) is 29.7 Å². The molecule has 0 bridgehead atoms. The van der Waals surface area contributed by atoms with Gasteiger partial charge in [0.25, 0.3) is 11.6 Å². The molecule has 0 radical (unpaired) electrons. The fraction of sp³-hybridized carbons (Fsp3) is 0.182. The van der Waals surface area contributed by atoms with E-state index >= 15 is 0 Å². The first-order valence-corrected chi connectivity index (χ1v) is 11.0. The Bertz CT molecular complexity index is 1160. The number of carbonyl (C=O) groups is 1. The van der Waals surface area contributed by atoms with Gasteiger partial charge in [0.05, 0.1) is 15.5 Å². The van der Waals surface area contributed by atoms with Crippen LogP contribution in [0, 0.1) is 10.1 Å². The fourth-order valence-electron chi connectivity index (χ4n) is 3.45. The van der Waals surface area contributed by atoms with E-state index in [0.29, 0.717) is 18.8 Å². The Labute approximate surface area is 193 Å². The van der Waals surface area contributed by atoms with E-state index < -0.39 is 16.4 Å². The summed E-state index contributed by atoms with van der Waals surface area (Å²) >= 11 is 7.33. The Morgan fingerprint density at radius 1 is 1.12 bits per heavy atom. The number of nitro groups is 1. The van der Waals surface area contributed by atoms with Crippen molar-refractivity contribution in [2.24, 2.45) is 4.99 Å². The van der Waals surface area contributed by atoms with Crippen LogP contribution in [-0.2, 0) is 0 Å². The molecule has 0 unspecified atom stereocenters. The summed E-state index contributed by atoms with van der Waals surface area (Å²) in [5, 5.41) is 25.2. The Balaban J connectivity index is 1.40. The molecule has 1 saturated heterocycles. The lowest BCUT2D eigenvalue weighted by Crippen LogP contribution is -2.48. The van der Waals surface area contributed by atoms with Gasteiger partial charge in [-0.1, -0.05) is 17.7 Å². The highest BCUT2D eigenvalue weighted by Gasteiger charge is 2.22. The molecule has 2 aromatic carbocycles. The normalized spacial score (nSPS) is 14.2. The molecule has 3 aromatic rings. The third-order valence-corrected chi connectivity index (χ3v) is 6.20. The number of nitrogens with zero attached hydrogens (tertiary/aromatic N) is 4. The quantitative estimate of drug-likeness (QED) is 0.318. The van der Waals surface area contributed by atoms with E-state index in [9.17, 15) is 20.0 Å². The van der Waals surface area contributed by atoms with Crippen molar-refractivity contribution in [1.29, 1.82) is 0 Å². The summed E-state index contributed by atoms with van der Waals surface area (Å²) in [6, 6.07) is 13.6. The Morgan fingerprint density at radius 2 is 1.84 bits per heavy atom. The van der Waals surface area contributed by atoms with Crippen LogP contribution in [0.2, 0.25) is 5.02 Å². The van der Waals surface area contributed by atoms with Crippen LogP contribution in [0.3, 0.4) is 0 Å². The number of hydrogen-bond donors (Lipinski definition) is 0. The summed E-state index contributed by atoms with van der Waals surface area (Å²) in [5.74, 6) is -0.655. The molecule has 1 amide bonds. The standard InChI is InChI=1S/C22H19ClN4O4S/c23-16-12-15(21(28)19(13-16)27(30)31)14-24-17-3-5-18(6-4-17)25-7-9-26(10-8-25)22(29)20-2-1-11-32-20/h1-6,11-14,28H,7-10H2/p-1. The van der Waals surface area contributed by atoms with Crippen molar-refractivity contribution < 1.29 is 14.8 Å². The predicted molar refractivity (Wildman–Crippen MR) is 124 cm³/mol. The van der Waals surface area contributed by atoms with E-state index in [1.54, 1.807) is 12.1 Å². The van der Waals surface area contributed by atoms with E-state index in [2.05, 4.69) is 9.89 Å². The number of hydrogen-bond acceptors (Lipinski definition) is 7. The number of benzene rings is 2. The lowest BCUT2D eigenvalue weighted by atomic mass is 10.2.